The number of rotatable bonds is 7. The maximum Gasteiger partial charge on any atom is 0.138 e. The maximum absolute atomic E-state index is 4.24. The van der Waals surface area contributed by atoms with Gasteiger partial charge in [-0.1, -0.05) is 18.2 Å². The van der Waals surface area contributed by atoms with E-state index in [0.717, 1.165) is 25.3 Å². The molecule has 6 heteroatoms. The second kappa shape index (κ2) is 8.03. The zero-order valence-electron chi connectivity index (χ0n) is 14.3. The molecule has 0 N–H and O–H groups in total. The molecular formula is C20H19N5S. The molecule has 0 radical (unpaired) electrons. The molecule has 1 aromatic carbocycles. The predicted molar refractivity (Wildman–Crippen MR) is 103 cm³/mol. The normalized spacial score (nSPS) is 11.1. The molecule has 3 aromatic heterocycles. The van der Waals surface area contributed by atoms with E-state index in [1.807, 2.05) is 18.5 Å². The van der Waals surface area contributed by atoms with Gasteiger partial charge in [-0.25, -0.2) is 9.67 Å². The molecule has 130 valence electrons. The van der Waals surface area contributed by atoms with Gasteiger partial charge in [0.05, 0.1) is 5.69 Å². The van der Waals surface area contributed by atoms with Crippen LogP contribution in [0.2, 0.25) is 0 Å². The monoisotopic (exact) mass is 361 g/mol. The van der Waals surface area contributed by atoms with Gasteiger partial charge in [0, 0.05) is 32.0 Å². The number of hydrogen-bond acceptors (Lipinski definition) is 5. The largest absolute Gasteiger partial charge is 0.290 e. The van der Waals surface area contributed by atoms with Crippen LogP contribution in [0.4, 0.5) is 0 Å². The summed E-state index contributed by atoms with van der Waals surface area (Å²) in [7, 11) is 0. The van der Waals surface area contributed by atoms with E-state index in [1.54, 1.807) is 28.7 Å². The van der Waals surface area contributed by atoms with Crippen LogP contribution in [0.1, 0.15) is 16.7 Å². The summed E-state index contributed by atoms with van der Waals surface area (Å²) in [5.74, 6) is 0. The summed E-state index contributed by atoms with van der Waals surface area (Å²) in [6.07, 6.45) is 7.01. The number of thiophene rings is 1. The quantitative estimate of drug-likeness (QED) is 0.500. The fourth-order valence-corrected chi connectivity index (χ4v) is 3.57. The third kappa shape index (κ3) is 4.22. The minimum absolute atomic E-state index is 0.870. The lowest BCUT2D eigenvalue weighted by atomic mass is 10.1. The van der Waals surface area contributed by atoms with Crippen LogP contribution in [0.3, 0.4) is 0 Å². The molecule has 0 unspecified atom stereocenters. The van der Waals surface area contributed by atoms with Crippen molar-refractivity contribution in [3.63, 3.8) is 0 Å². The summed E-state index contributed by atoms with van der Waals surface area (Å²) < 4.78 is 1.77. The van der Waals surface area contributed by atoms with E-state index in [4.69, 9.17) is 0 Å². The summed E-state index contributed by atoms with van der Waals surface area (Å²) in [5, 5.41) is 8.51. The second-order valence-electron chi connectivity index (χ2n) is 6.14. The maximum atomic E-state index is 4.24. The van der Waals surface area contributed by atoms with Crippen molar-refractivity contribution in [1.82, 2.24) is 24.6 Å². The lowest BCUT2D eigenvalue weighted by molar-refractivity contribution is 0.248. The molecule has 0 fully saturated rings. The van der Waals surface area contributed by atoms with Gasteiger partial charge in [-0.05, 0) is 51.7 Å². The first-order valence-corrected chi connectivity index (χ1v) is 9.37. The Morgan fingerprint density at radius 3 is 2.42 bits per heavy atom. The molecule has 0 spiro atoms. The molecule has 0 aliphatic rings. The summed E-state index contributed by atoms with van der Waals surface area (Å²) >= 11 is 1.74. The Morgan fingerprint density at radius 2 is 1.73 bits per heavy atom. The molecule has 5 nitrogen and oxygen atoms in total. The van der Waals surface area contributed by atoms with Crippen molar-refractivity contribution in [2.75, 3.05) is 0 Å². The molecule has 0 saturated carbocycles. The topological polar surface area (TPSA) is 46.8 Å². The lowest BCUT2D eigenvalue weighted by Crippen LogP contribution is -2.22. The van der Waals surface area contributed by atoms with Crippen LogP contribution >= 0.6 is 11.3 Å². The Hall–Kier alpha value is -2.83. The Balaban J connectivity index is 1.50. The third-order valence-corrected chi connectivity index (χ3v) is 4.87. The molecule has 0 aliphatic carbocycles. The minimum atomic E-state index is 0.870. The highest BCUT2D eigenvalue weighted by atomic mass is 32.1. The summed E-state index contributed by atoms with van der Waals surface area (Å²) in [5.41, 5.74) is 4.86. The number of pyridine rings is 1. The zero-order valence-corrected chi connectivity index (χ0v) is 15.1. The first kappa shape index (κ1) is 16.6. The highest BCUT2D eigenvalue weighted by Gasteiger charge is 2.09. The van der Waals surface area contributed by atoms with Gasteiger partial charge in [-0.2, -0.15) is 16.4 Å². The van der Waals surface area contributed by atoms with Crippen LogP contribution in [0, 0.1) is 0 Å². The van der Waals surface area contributed by atoms with Crippen molar-refractivity contribution in [1.29, 1.82) is 0 Å². The summed E-state index contributed by atoms with van der Waals surface area (Å²) in [6.45, 7) is 2.67. The van der Waals surface area contributed by atoms with E-state index in [9.17, 15) is 0 Å². The SMILES string of the molecule is c1cncc(CN(Cc2ccc(-n3cncn3)cc2)Cc2ccsc2)c1. The average molecular weight is 361 g/mol. The Bertz CT molecular complexity index is 903. The first-order valence-electron chi connectivity index (χ1n) is 8.43. The minimum Gasteiger partial charge on any atom is -0.290 e. The summed E-state index contributed by atoms with van der Waals surface area (Å²) in [4.78, 5) is 10.7. The molecule has 0 amide bonds. The van der Waals surface area contributed by atoms with Crippen LogP contribution < -0.4 is 0 Å². The molecule has 0 bridgehead atoms. The van der Waals surface area contributed by atoms with Gasteiger partial charge in [0.15, 0.2) is 0 Å². The van der Waals surface area contributed by atoms with Crippen LogP contribution in [-0.2, 0) is 19.6 Å². The molecule has 26 heavy (non-hydrogen) atoms. The van der Waals surface area contributed by atoms with Crippen molar-refractivity contribution in [2.45, 2.75) is 19.6 Å². The number of benzene rings is 1. The van der Waals surface area contributed by atoms with Crippen molar-refractivity contribution in [3.05, 3.63) is 95.0 Å². The van der Waals surface area contributed by atoms with Crippen molar-refractivity contribution in [3.8, 4) is 5.69 Å². The lowest BCUT2D eigenvalue weighted by Gasteiger charge is -2.22. The van der Waals surface area contributed by atoms with E-state index >= 15 is 0 Å². The molecule has 0 aliphatic heterocycles. The number of aromatic nitrogens is 4. The van der Waals surface area contributed by atoms with E-state index < -0.39 is 0 Å². The van der Waals surface area contributed by atoms with E-state index in [1.165, 1.54) is 16.7 Å². The molecular weight excluding hydrogens is 342 g/mol. The van der Waals surface area contributed by atoms with Crippen LogP contribution in [0.5, 0.6) is 0 Å². The van der Waals surface area contributed by atoms with Gasteiger partial charge in [0.2, 0.25) is 0 Å². The van der Waals surface area contributed by atoms with E-state index in [0.29, 0.717) is 0 Å². The third-order valence-electron chi connectivity index (χ3n) is 4.14. The number of nitrogens with zero attached hydrogens (tertiary/aromatic N) is 5. The smallest absolute Gasteiger partial charge is 0.138 e. The fraction of sp³-hybridized carbons (Fsp3) is 0.150. The summed E-state index contributed by atoms with van der Waals surface area (Å²) in [6, 6.07) is 14.8. The Kier molecular flexibility index (Phi) is 5.14. The number of hydrogen-bond donors (Lipinski definition) is 0. The van der Waals surface area contributed by atoms with Gasteiger partial charge < -0.3 is 0 Å². The highest BCUT2D eigenvalue weighted by Crippen LogP contribution is 2.16. The van der Waals surface area contributed by atoms with Crippen LogP contribution in [-0.4, -0.2) is 24.6 Å². The standard InChI is InChI=1S/C20H19N5S/c1-2-18(10-21-8-1)12-24(13-19-7-9-26-14-19)11-17-3-5-20(6-4-17)25-16-22-15-23-25/h1-10,14-16H,11-13H2. The molecule has 0 saturated heterocycles. The Morgan fingerprint density at radius 1 is 0.885 bits per heavy atom. The van der Waals surface area contributed by atoms with Crippen molar-refractivity contribution < 1.29 is 0 Å². The second-order valence-corrected chi connectivity index (χ2v) is 6.92. The van der Waals surface area contributed by atoms with Gasteiger partial charge in [0.1, 0.15) is 12.7 Å². The van der Waals surface area contributed by atoms with Gasteiger partial charge in [0.25, 0.3) is 0 Å². The molecule has 4 aromatic rings. The van der Waals surface area contributed by atoms with Crippen LogP contribution in [0.25, 0.3) is 5.69 Å². The van der Waals surface area contributed by atoms with Crippen molar-refractivity contribution in [2.24, 2.45) is 0 Å². The fourth-order valence-electron chi connectivity index (χ4n) is 2.91. The molecule has 3 heterocycles. The first-order chi connectivity index (χ1) is 12.9. The Labute approximate surface area is 156 Å². The van der Waals surface area contributed by atoms with E-state index in [2.05, 4.69) is 67.1 Å². The van der Waals surface area contributed by atoms with Crippen LogP contribution in [0.15, 0.2) is 78.3 Å². The average Bonchev–Trinajstić information content (AvgIpc) is 3.37. The van der Waals surface area contributed by atoms with Crippen molar-refractivity contribution >= 4 is 11.3 Å². The molecule has 0 atom stereocenters. The highest BCUT2D eigenvalue weighted by molar-refractivity contribution is 7.07. The zero-order chi connectivity index (χ0) is 17.6. The predicted octanol–water partition coefficient (Wildman–Crippen LogP) is 3.93. The van der Waals surface area contributed by atoms with E-state index in [-0.39, 0.29) is 0 Å². The van der Waals surface area contributed by atoms with Gasteiger partial charge >= 0.3 is 0 Å². The van der Waals surface area contributed by atoms with Gasteiger partial charge in [-0.15, -0.1) is 0 Å². The molecule has 4 rings (SSSR count). The van der Waals surface area contributed by atoms with Gasteiger partial charge in [-0.3, -0.25) is 9.88 Å².